The van der Waals surface area contributed by atoms with Crippen LogP contribution in [0.3, 0.4) is 0 Å². The Kier molecular flexibility index (Phi) is 3.09. The molecule has 86 valence electrons. The Hall–Kier alpha value is -1.17. The zero-order valence-corrected chi connectivity index (χ0v) is 9.04. The lowest BCUT2D eigenvalue weighted by atomic mass is 10.2. The fourth-order valence-corrected chi connectivity index (χ4v) is 1.52. The number of hydrogen-bond donors (Lipinski definition) is 2. The van der Waals surface area contributed by atoms with Crippen LogP contribution in [0.1, 0.15) is 18.4 Å². The summed E-state index contributed by atoms with van der Waals surface area (Å²) in [6.07, 6.45) is 0.336. The average Bonchev–Trinajstić information content (AvgIpc) is 2.62. The van der Waals surface area contributed by atoms with Crippen molar-refractivity contribution in [1.82, 2.24) is 4.98 Å². The fraction of sp³-hybridized carbons (Fsp3) is 0.300. The lowest BCUT2D eigenvalue weighted by Gasteiger charge is -2.02. The first-order valence-electron chi connectivity index (χ1n) is 4.73. The number of nitrogens with zero attached hydrogens (tertiary/aromatic N) is 1. The van der Waals surface area contributed by atoms with Crippen molar-refractivity contribution in [1.29, 1.82) is 0 Å². The van der Waals surface area contributed by atoms with Crippen LogP contribution in [-0.4, -0.2) is 16.7 Å². The number of hydrogen-bond acceptors (Lipinski definition) is 4. The van der Waals surface area contributed by atoms with E-state index in [9.17, 15) is 4.39 Å². The maximum Gasteiger partial charge on any atom is 0.212 e. The molecule has 1 atom stereocenters. The number of aromatic nitrogens is 1. The van der Waals surface area contributed by atoms with Crippen LogP contribution in [0.4, 0.5) is 4.39 Å². The first-order chi connectivity index (χ1) is 7.61. The van der Waals surface area contributed by atoms with Gasteiger partial charge in [0.15, 0.2) is 5.58 Å². The molecule has 0 fully saturated rings. The molecule has 1 unspecified atom stereocenters. The van der Waals surface area contributed by atoms with Crippen LogP contribution in [0.5, 0.6) is 0 Å². The van der Waals surface area contributed by atoms with Gasteiger partial charge in [0, 0.05) is 12.7 Å². The smallest absolute Gasteiger partial charge is 0.212 e. The number of oxazole rings is 1. The second kappa shape index (κ2) is 4.37. The van der Waals surface area contributed by atoms with Gasteiger partial charge in [0.2, 0.25) is 5.89 Å². The van der Waals surface area contributed by atoms with Gasteiger partial charge in [-0.05, 0) is 12.5 Å². The first kappa shape index (κ1) is 11.3. The molecule has 0 aliphatic heterocycles. The van der Waals surface area contributed by atoms with Crippen molar-refractivity contribution in [2.75, 3.05) is 6.61 Å². The van der Waals surface area contributed by atoms with E-state index in [1.54, 1.807) is 0 Å². The molecule has 16 heavy (non-hydrogen) atoms. The van der Waals surface area contributed by atoms with Gasteiger partial charge < -0.3 is 15.3 Å². The van der Waals surface area contributed by atoms with Crippen LogP contribution in [0.25, 0.3) is 11.1 Å². The summed E-state index contributed by atoms with van der Waals surface area (Å²) in [4.78, 5) is 4.08. The number of nitrogens with two attached hydrogens (primary N) is 1. The van der Waals surface area contributed by atoms with Gasteiger partial charge in [-0.3, -0.25) is 0 Å². The van der Waals surface area contributed by atoms with E-state index in [1.165, 1.54) is 12.1 Å². The van der Waals surface area contributed by atoms with E-state index in [1.807, 2.05) is 0 Å². The summed E-state index contributed by atoms with van der Waals surface area (Å²) in [6, 6.07) is 2.05. The molecular formula is C10H10ClFN2O2. The molecule has 0 radical (unpaired) electrons. The Morgan fingerprint density at radius 2 is 2.31 bits per heavy atom. The maximum atomic E-state index is 13.1. The molecule has 3 N–H and O–H groups in total. The number of aliphatic hydroxyl groups excluding tert-OH is 1. The first-order valence-corrected chi connectivity index (χ1v) is 5.11. The molecule has 1 aromatic carbocycles. The SMILES string of the molecule is NC(CCO)c1nc2cc(Cl)c(F)cc2o1. The molecule has 1 aromatic heterocycles. The second-order valence-electron chi connectivity index (χ2n) is 3.40. The van der Waals surface area contributed by atoms with E-state index in [0.29, 0.717) is 17.5 Å². The lowest BCUT2D eigenvalue weighted by Crippen LogP contribution is -2.11. The average molecular weight is 245 g/mol. The van der Waals surface area contributed by atoms with Gasteiger partial charge in [0.25, 0.3) is 0 Å². The van der Waals surface area contributed by atoms with E-state index >= 15 is 0 Å². The highest BCUT2D eigenvalue weighted by atomic mass is 35.5. The Labute approximate surface area is 95.8 Å². The molecule has 0 aliphatic carbocycles. The number of halogens is 2. The predicted molar refractivity (Wildman–Crippen MR) is 57.6 cm³/mol. The maximum absolute atomic E-state index is 13.1. The molecule has 2 rings (SSSR count). The van der Waals surface area contributed by atoms with Crippen molar-refractivity contribution in [3.63, 3.8) is 0 Å². The van der Waals surface area contributed by atoms with Crippen LogP contribution in [0.15, 0.2) is 16.5 Å². The highest BCUT2D eigenvalue weighted by Gasteiger charge is 2.15. The molecule has 1 heterocycles. The minimum Gasteiger partial charge on any atom is -0.439 e. The van der Waals surface area contributed by atoms with Gasteiger partial charge >= 0.3 is 0 Å². The summed E-state index contributed by atoms with van der Waals surface area (Å²) < 4.78 is 18.4. The van der Waals surface area contributed by atoms with Crippen molar-refractivity contribution < 1.29 is 13.9 Å². The number of fused-ring (bicyclic) bond motifs is 1. The van der Waals surface area contributed by atoms with Crippen molar-refractivity contribution >= 4 is 22.7 Å². The van der Waals surface area contributed by atoms with Gasteiger partial charge in [-0.25, -0.2) is 9.37 Å². The van der Waals surface area contributed by atoms with E-state index in [0.717, 1.165) is 0 Å². The highest BCUT2D eigenvalue weighted by molar-refractivity contribution is 6.31. The monoisotopic (exact) mass is 244 g/mol. The summed E-state index contributed by atoms with van der Waals surface area (Å²) in [6.45, 7) is -0.0605. The highest BCUT2D eigenvalue weighted by Crippen LogP contribution is 2.25. The molecule has 0 bridgehead atoms. The van der Waals surface area contributed by atoms with Crippen LogP contribution < -0.4 is 5.73 Å². The van der Waals surface area contributed by atoms with Crippen molar-refractivity contribution in [3.8, 4) is 0 Å². The molecule has 0 saturated carbocycles. The summed E-state index contributed by atoms with van der Waals surface area (Å²) in [5.41, 5.74) is 6.45. The third kappa shape index (κ3) is 2.02. The van der Waals surface area contributed by atoms with Gasteiger partial charge in [-0.2, -0.15) is 0 Å². The van der Waals surface area contributed by atoms with E-state index < -0.39 is 11.9 Å². The Bertz CT molecular complexity index is 476. The molecule has 0 amide bonds. The largest absolute Gasteiger partial charge is 0.439 e. The second-order valence-corrected chi connectivity index (χ2v) is 3.81. The summed E-state index contributed by atoms with van der Waals surface area (Å²) >= 11 is 5.61. The van der Waals surface area contributed by atoms with Crippen LogP contribution in [0.2, 0.25) is 5.02 Å². The molecule has 6 heteroatoms. The normalized spacial score (nSPS) is 13.2. The minimum absolute atomic E-state index is 0.0110. The van der Waals surface area contributed by atoms with Crippen LogP contribution in [-0.2, 0) is 0 Å². The number of benzene rings is 1. The lowest BCUT2D eigenvalue weighted by molar-refractivity contribution is 0.268. The Morgan fingerprint density at radius 3 is 3.00 bits per heavy atom. The Morgan fingerprint density at radius 1 is 1.56 bits per heavy atom. The van der Waals surface area contributed by atoms with Crippen molar-refractivity contribution in [2.45, 2.75) is 12.5 Å². The van der Waals surface area contributed by atoms with Gasteiger partial charge in [-0.15, -0.1) is 0 Å². The van der Waals surface area contributed by atoms with E-state index in [4.69, 9.17) is 26.9 Å². The minimum atomic E-state index is -0.562. The quantitative estimate of drug-likeness (QED) is 0.866. The molecule has 0 spiro atoms. The van der Waals surface area contributed by atoms with Crippen LogP contribution in [0, 0.1) is 5.82 Å². The van der Waals surface area contributed by atoms with Gasteiger partial charge in [-0.1, -0.05) is 11.6 Å². The molecule has 0 aliphatic rings. The Balaban J connectivity index is 2.43. The third-order valence-corrected chi connectivity index (χ3v) is 2.49. The van der Waals surface area contributed by atoms with Crippen molar-refractivity contribution in [3.05, 3.63) is 28.9 Å². The fourth-order valence-electron chi connectivity index (χ4n) is 1.36. The van der Waals surface area contributed by atoms with Crippen LogP contribution >= 0.6 is 11.6 Å². The topological polar surface area (TPSA) is 72.3 Å². The summed E-state index contributed by atoms with van der Waals surface area (Å²) in [5, 5.41) is 8.72. The molecule has 4 nitrogen and oxygen atoms in total. The van der Waals surface area contributed by atoms with Crippen molar-refractivity contribution in [2.24, 2.45) is 5.73 Å². The summed E-state index contributed by atoms with van der Waals surface area (Å²) in [5.74, 6) is -0.293. The molecular weight excluding hydrogens is 235 g/mol. The zero-order chi connectivity index (χ0) is 11.7. The molecule has 0 saturated heterocycles. The van der Waals surface area contributed by atoms with Gasteiger partial charge in [0.1, 0.15) is 11.3 Å². The molecule has 2 aromatic rings. The van der Waals surface area contributed by atoms with E-state index in [2.05, 4.69) is 4.98 Å². The van der Waals surface area contributed by atoms with Gasteiger partial charge in [0.05, 0.1) is 11.1 Å². The summed E-state index contributed by atoms with van der Waals surface area (Å²) in [7, 11) is 0. The number of rotatable bonds is 3. The zero-order valence-electron chi connectivity index (χ0n) is 8.28. The van der Waals surface area contributed by atoms with E-state index in [-0.39, 0.29) is 17.5 Å². The number of aliphatic hydroxyl groups is 1. The third-order valence-electron chi connectivity index (χ3n) is 2.20. The predicted octanol–water partition coefficient (Wildman–Crippen LogP) is 2.00. The standard InChI is InChI=1S/C10H10ClFN2O2/c11-5-3-8-9(4-6(5)12)16-10(14-8)7(13)1-2-15/h3-4,7,15H,1-2,13H2.